The minimum absolute atomic E-state index is 0.116. The van der Waals surface area contributed by atoms with E-state index in [9.17, 15) is 9.36 Å². The molecular weight excluding hydrogens is 431 g/mol. The number of benzene rings is 1. The molecule has 0 bridgehead atoms. The lowest BCUT2D eigenvalue weighted by Crippen LogP contribution is -2.34. The number of esters is 1. The molecule has 178 valence electrons. The van der Waals surface area contributed by atoms with Gasteiger partial charge in [0, 0.05) is 5.56 Å². The molecule has 0 spiro atoms. The molecule has 2 rings (SSSR count). The number of rotatable bonds is 12. The highest BCUT2D eigenvalue weighted by Crippen LogP contribution is 2.54. The molecule has 0 fully saturated rings. The minimum Gasteiger partial charge on any atom is -0.459 e. The molecule has 0 aliphatic rings. The van der Waals surface area contributed by atoms with Gasteiger partial charge in [0.05, 0.1) is 19.6 Å². The Morgan fingerprint density at radius 2 is 1.84 bits per heavy atom. The Bertz CT molecular complexity index is 911. The molecule has 9 heteroatoms. The second kappa shape index (κ2) is 11.7. The smallest absolute Gasteiger partial charge is 0.345 e. The van der Waals surface area contributed by atoms with Gasteiger partial charge in [-0.1, -0.05) is 36.7 Å². The van der Waals surface area contributed by atoms with Crippen LogP contribution in [0.5, 0.6) is 0 Å². The summed E-state index contributed by atoms with van der Waals surface area (Å²) < 4.78 is 35.2. The van der Waals surface area contributed by atoms with E-state index in [4.69, 9.17) is 18.3 Å². The summed E-state index contributed by atoms with van der Waals surface area (Å²) in [4.78, 5) is 17.4. The molecule has 0 radical (unpaired) electrons. The van der Waals surface area contributed by atoms with Crippen LogP contribution in [0.25, 0.3) is 11.4 Å². The number of carbonyl (C=O) groups is 1. The number of aryl methyl sites for hydroxylation is 1. The van der Waals surface area contributed by atoms with Gasteiger partial charge in [-0.25, -0.2) is 0 Å². The van der Waals surface area contributed by atoms with Crippen molar-refractivity contribution < 1.29 is 27.7 Å². The van der Waals surface area contributed by atoms with Gasteiger partial charge in [-0.2, -0.15) is 4.98 Å². The first kappa shape index (κ1) is 26.2. The minimum atomic E-state index is -3.82. The topological polar surface area (TPSA) is 101 Å². The predicted molar refractivity (Wildman–Crippen MR) is 123 cm³/mol. The fraction of sp³-hybridized carbons (Fsp3) is 0.609. The average molecular weight is 467 g/mol. The van der Waals surface area contributed by atoms with Crippen molar-refractivity contribution in [2.45, 2.75) is 78.5 Å². The summed E-state index contributed by atoms with van der Waals surface area (Å²) in [5, 5.41) is 4.06. The monoisotopic (exact) mass is 466 g/mol. The van der Waals surface area contributed by atoms with Crippen molar-refractivity contribution in [3.8, 4) is 11.4 Å². The summed E-state index contributed by atoms with van der Waals surface area (Å²) in [6.07, 6.45) is 3.07. The van der Waals surface area contributed by atoms with Crippen LogP contribution < -0.4 is 0 Å². The average Bonchev–Trinajstić information content (AvgIpc) is 3.18. The van der Waals surface area contributed by atoms with Crippen molar-refractivity contribution in [1.29, 1.82) is 0 Å². The Hall–Kier alpha value is -2.02. The number of hydrogen-bond donors (Lipinski definition) is 0. The zero-order chi connectivity index (χ0) is 23.8. The lowest BCUT2D eigenvalue weighted by Gasteiger charge is -2.27. The maximum Gasteiger partial charge on any atom is 0.345 e. The molecule has 2 aromatic rings. The molecule has 0 aliphatic carbocycles. The van der Waals surface area contributed by atoms with Gasteiger partial charge >= 0.3 is 13.6 Å². The first-order valence-electron chi connectivity index (χ1n) is 11.1. The number of hydrogen-bond acceptors (Lipinski definition) is 8. The summed E-state index contributed by atoms with van der Waals surface area (Å²) in [5.74, 6) is -0.123. The van der Waals surface area contributed by atoms with Crippen LogP contribution in [0.15, 0.2) is 28.8 Å². The molecule has 1 unspecified atom stereocenters. The van der Waals surface area contributed by atoms with Gasteiger partial charge in [0.1, 0.15) is 5.60 Å². The number of unbranched alkanes of at least 4 members (excludes halogenated alkanes) is 1. The molecule has 8 nitrogen and oxygen atoms in total. The fourth-order valence-electron chi connectivity index (χ4n) is 3.14. The van der Waals surface area contributed by atoms with Gasteiger partial charge in [0.25, 0.3) is 0 Å². The molecule has 0 saturated carbocycles. The molecule has 1 atom stereocenters. The lowest BCUT2D eigenvalue weighted by molar-refractivity contribution is -0.154. The van der Waals surface area contributed by atoms with Crippen LogP contribution in [0.2, 0.25) is 0 Å². The van der Waals surface area contributed by atoms with Gasteiger partial charge in [0.15, 0.2) is 5.66 Å². The molecular formula is C23H35N2O6P. The molecule has 1 aromatic carbocycles. The van der Waals surface area contributed by atoms with E-state index < -0.39 is 24.8 Å². The van der Waals surface area contributed by atoms with Crippen molar-refractivity contribution in [1.82, 2.24) is 10.1 Å². The molecule has 32 heavy (non-hydrogen) atoms. The van der Waals surface area contributed by atoms with Crippen molar-refractivity contribution in [3.63, 3.8) is 0 Å². The molecule has 0 aliphatic heterocycles. The molecule has 1 heterocycles. The highest BCUT2D eigenvalue weighted by Gasteiger charge is 2.44. The number of ether oxygens (including phenoxy) is 1. The van der Waals surface area contributed by atoms with Gasteiger partial charge in [-0.15, -0.1) is 0 Å². The van der Waals surface area contributed by atoms with E-state index >= 15 is 0 Å². The van der Waals surface area contributed by atoms with Gasteiger partial charge in [-0.05, 0) is 59.1 Å². The number of carbonyl (C=O) groups excluding carboxylic acids is 1. The first-order valence-corrected chi connectivity index (χ1v) is 12.8. The summed E-state index contributed by atoms with van der Waals surface area (Å²) in [6, 6.07) is 7.96. The first-order chi connectivity index (χ1) is 15.1. The van der Waals surface area contributed by atoms with Crippen LogP contribution in [-0.4, -0.2) is 40.6 Å². The molecule has 1 aromatic heterocycles. The third kappa shape index (κ3) is 7.54. The zero-order valence-electron chi connectivity index (χ0n) is 19.9. The maximum atomic E-state index is 13.4. The maximum absolute atomic E-state index is 13.4. The van der Waals surface area contributed by atoms with Crippen LogP contribution >= 0.6 is 7.60 Å². The normalized spacial score (nSPS) is 13.2. The summed E-state index contributed by atoms with van der Waals surface area (Å²) in [5.41, 5.74) is 0.0305. The van der Waals surface area contributed by atoms with Crippen molar-refractivity contribution in [2.24, 2.45) is 0 Å². The van der Waals surface area contributed by atoms with Crippen LogP contribution in [0.3, 0.4) is 0 Å². The van der Waals surface area contributed by atoms with Crippen LogP contribution in [-0.2, 0) is 36.0 Å². The van der Waals surface area contributed by atoms with E-state index in [0.29, 0.717) is 5.82 Å². The Balaban J connectivity index is 2.31. The Kier molecular flexibility index (Phi) is 9.62. The Labute approximate surface area is 190 Å². The molecule has 0 amide bonds. The van der Waals surface area contributed by atoms with Crippen molar-refractivity contribution >= 4 is 13.6 Å². The standard InChI is InChI=1S/C23H35N2O6P/c1-7-10-12-17-13-11-14-18(15-17)21-24-20(31-25-21)16-19(22(26)30-23(4,5)6)32(27,28-8-2)29-9-3/h11,13-15,19H,7-10,12,16H2,1-6H3. The van der Waals surface area contributed by atoms with E-state index in [1.165, 1.54) is 5.56 Å². The summed E-state index contributed by atoms with van der Waals surface area (Å²) >= 11 is 0. The molecule has 0 N–H and O–H groups in total. The lowest BCUT2D eigenvalue weighted by atomic mass is 10.1. The van der Waals surface area contributed by atoms with Crippen molar-refractivity contribution in [2.75, 3.05) is 13.2 Å². The second-order valence-electron chi connectivity index (χ2n) is 8.44. The largest absolute Gasteiger partial charge is 0.459 e. The van der Waals surface area contributed by atoms with Crippen LogP contribution in [0.1, 0.15) is 65.8 Å². The van der Waals surface area contributed by atoms with E-state index in [1.54, 1.807) is 34.6 Å². The Morgan fingerprint density at radius 3 is 2.44 bits per heavy atom. The SMILES string of the molecule is CCCCc1cccc(-c2noc(CC(C(=O)OC(C)(C)C)P(=O)(OCC)OCC)n2)c1. The third-order valence-corrected chi connectivity index (χ3v) is 6.91. The van der Waals surface area contributed by atoms with E-state index in [2.05, 4.69) is 23.1 Å². The number of nitrogens with zero attached hydrogens (tertiary/aromatic N) is 2. The zero-order valence-corrected chi connectivity index (χ0v) is 20.8. The predicted octanol–water partition coefficient (Wildman–Crippen LogP) is 5.60. The second-order valence-corrected chi connectivity index (χ2v) is 10.7. The number of aromatic nitrogens is 2. The molecule has 0 saturated heterocycles. The summed E-state index contributed by atoms with van der Waals surface area (Å²) in [7, 11) is -3.82. The third-order valence-electron chi connectivity index (χ3n) is 4.52. The highest BCUT2D eigenvalue weighted by atomic mass is 31.2. The van der Waals surface area contributed by atoms with Gasteiger partial charge < -0.3 is 18.3 Å². The van der Waals surface area contributed by atoms with Crippen LogP contribution in [0, 0.1) is 0 Å². The fourth-order valence-corrected chi connectivity index (χ4v) is 4.98. The van der Waals surface area contributed by atoms with E-state index in [0.717, 1.165) is 24.8 Å². The summed E-state index contributed by atoms with van der Waals surface area (Å²) in [6.45, 7) is 11.0. The van der Waals surface area contributed by atoms with E-state index in [1.807, 2.05) is 18.2 Å². The highest BCUT2D eigenvalue weighted by molar-refractivity contribution is 7.55. The quantitative estimate of drug-likeness (QED) is 0.294. The van der Waals surface area contributed by atoms with Crippen molar-refractivity contribution in [3.05, 3.63) is 35.7 Å². The Morgan fingerprint density at radius 1 is 1.16 bits per heavy atom. The van der Waals surface area contributed by atoms with Crippen LogP contribution in [0.4, 0.5) is 0 Å². The van der Waals surface area contributed by atoms with Gasteiger partial charge in [-0.3, -0.25) is 9.36 Å². The van der Waals surface area contributed by atoms with E-state index in [-0.39, 0.29) is 25.5 Å². The van der Waals surface area contributed by atoms with Gasteiger partial charge in [0.2, 0.25) is 11.7 Å².